The van der Waals surface area contributed by atoms with E-state index in [1.807, 2.05) is 32.0 Å². The van der Waals surface area contributed by atoms with Crippen LogP contribution < -0.4 is 11.1 Å². The maximum Gasteiger partial charge on any atom is 0.266 e. The van der Waals surface area contributed by atoms with Crippen molar-refractivity contribution in [3.05, 3.63) is 146 Å². The molecule has 3 nitrogen and oxygen atoms in total. The summed E-state index contributed by atoms with van der Waals surface area (Å²) in [5, 5.41) is 12.0. The lowest BCUT2D eigenvalue weighted by atomic mass is 9.80. The summed E-state index contributed by atoms with van der Waals surface area (Å²) in [7, 11) is 0. The Labute approximate surface area is 308 Å². The first-order valence-corrected chi connectivity index (χ1v) is 18.7. The molecule has 0 bridgehead atoms. The summed E-state index contributed by atoms with van der Waals surface area (Å²) in [6, 6.07) is 36.8. The Hall–Kier alpha value is -5.80. The molecule has 9 aromatic carbocycles. The summed E-state index contributed by atoms with van der Waals surface area (Å²) in [5.74, 6) is 0. The molecule has 0 atom stereocenters. The Balaban J connectivity index is 1.52. The third-order valence-corrected chi connectivity index (χ3v) is 12.0. The monoisotopic (exact) mass is 687 g/mol. The lowest BCUT2D eigenvalue weighted by Crippen LogP contribution is -2.25. The fourth-order valence-electron chi connectivity index (χ4n) is 9.74. The van der Waals surface area contributed by atoms with Gasteiger partial charge in [0.2, 0.25) is 0 Å². The third-order valence-electron chi connectivity index (χ3n) is 12.0. The zero-order chi connectivity index (χ0) is 36.9. The van der Waals surface area contributed by atoms with E-state index in [9.17, 15) is 0 Å². The molecule has 0 N–H and O–H groups in total. The normalized spacial score (nSPS) is 13.1. The molecule has 3 heteroatoms. The van der Waals surface area contributed by atoms with Crippen LogP contribution >= 0.6 is 0 Å². The molecule has 1 aromatic heterocycles. The SMILES string of the molecule is Cc1cccc(C)c1-n1c(=O)c2c3cc(-c4ccccc4C(C)(C)C)c4ccc5ccc6c(-c7ccccc7C(C)(C)C)cc(c2c1=O)c1c6c5c4c31. The molecule has 0 fully saturated rings. The first kappa shape index (κ1) is 31.9. The number of para-hydroxylation sites is 1. The second-order valence-corrected chi connectivity index (χ2v) is 17.3. The highest BCUT2D eigenvalue weighted by Crippen LogP contribution is 2.54. The van der Waals surface area contributed by atoms with Crippen molar-refractivity contribution in [1.82, 2.24) is 4.57 Å². The van der Waals surface area contributed by atoms with E-state index in [0.29, 0.717) is 16.5 Å². The fraction of sp³-hybridized carbons (Fsp3) is 0.200. The van der Waals surface area contributed by atoms with Gasteiger partial charge in [0.25, 0.3) is 11.1 Å². The zero-order valence-corrected chi connectivity index (χ0v) is 31.6. The molecule has 0 saturated heterocycles. The molecular weight excluding hydrogens is 647 g/mol. The first-order chi connectivity index (χ1) is 25.3. The molecule has 1 heterocycles. The Bertz CT molecular complexity index is 3030. The van der Waals surface area contributed by atoms with Crippen molar-refractivity contribution >= 4 is 64.6 Å². The van der Waals surface area contributed by atoms with Gasteiger partial charge in [-0.05, 0) is 135 Å². The van der Waals surface area contributed by atoms with E-state index in [0.717, 1.165) is 54.9 Å². The van der Waals surface area contributed by atoms with Crippen molar-refractivity contribution in [2.24, 2.45) is 0 Å². The van der Waals surface area contributed by atoms with E-state index in [-0.39, 0.29) is 21.9 Å². The summed E-state index contributed by atoms with van der Waals surface area (Å²) in [5.41, 5.74) is 8.74. The Morgan fingerprint density at radius 1 is 0.415 bits per heavy atom. The van der Waals surface area contributed by atoms with Crippen LogP contribution in [-0.2, 0) is 10.8 Å². The molecule has 258 valence electrons. The largest absolute Gasteiger partial charge is 0.268 e. The van der Waals surface area contributed by atoms with E-state index in [2.05, 4.69) is 126 Å². The number of aryl methyl sites for hydroxylation is 2. The molecule has 53 heavy (non-hydrogen) atoms. The van der Waals surface area contributed by atoms with E-state index < -0.39 is 0 Å². The van der Waals surface area contributed by atoms with Crippen molar-refractivity contribution in [3.63, 3.8) is 0 Å². The smallest absolute Gasteiger partial charge is 0.266 e. The minimum Gasteiger partial charge on any atom is -0.268 e. The van der Waals surface area contributed by atoms with Crippen LogP contribution in [0.2, 0.25) is 0 Å². The molecule has 0 saturated carbocycles. The Morgan fingerprint density at radius 2 is 0.830 bits per heavy atom. The van der Waals surface area contributed by atoms with Crippen molar-refractivity contribution < 1.29 is 0 Å². The van der Waals surface area contributed by atoms with Crippen molar-refractivity contribution in [2.45, 2.75) is 66.2 Å². The molecular formula is C50H41NO2. The molecule has 0 amide bonds. The van der Waals surface area contributed by atoms with Crippen LogP contribution in [0.4, 0.5) is 0 Å². The minimum atomic E-state index is -0.251. The molecule has 0 spiro atoms. The summed E-state index contributed by atoms with van der Waals surface area (Å²) in [6.07, 6.45) is 0. The highest BCUT2D eigenvalue weighted by molar-refractivity contribution is 6.50. The summed E-state index contributed by atoms with van der Waals surface area (Å²) in [4.78, 5) is 30.3. The van der Waals surface area contributed by atoms with Crippen LogP contribution in [-0.4, -0.2) is 4.57 Å². The molecule has 0 aliphatic heterocycles. The van der Waals surface area contributed by atoms with Gasteiger partial charge < -0.3 is 0 Å². The highest BCUT2D eigenvalue weighted by Gasteiger charge is 2.31. The van der Waals surface area contributed by atoms with Gasteiger partial charge in [0, 0.05) is 0 Å². The number of nitrogens with zero attached hydrogens (tertiary/aromatic N) is 1. The topological polar surface area (TPSA) is 39.1 Å². The Kier molecular flexibility index (Phi) is 6.27. The van der Waals surface area contributed by atoms with Gasteiger partial charge in [0.05, 0.1) is 16.5 Å². The van der Waals surface area contributed by atoms with Gasteiger partial charge in [-0.15, -0.1) is 0 Å². The van der Waals surface area contributed by atoms with Crippen LogP contribution in [0, 0.1) is 13.8 Å². The van der Waals surface area contributed by atoms with Gasteiger partial charge in [-0.1, -0.05) is 133 Å². The number of aromatic nitrogens is 1. The predicted octanol–water partition coefficient (Wildman–Crippen LogP) is 12.4. The predicted molar refractivity (Wildman–Crippen MR) is 226 cm³/mol. The van der Waals surface area contributed by atoms with E-state index in [1.165, 1.54) is 48.0 Å². The molecule has 0 unspecified atom stereocenters. The van der Waals surface area contributed by atoms with Crippen molar-refractivity contribution in [3.8, 4) is 27.9 Å². The van der Waals surface area contributed by atoms with E-state index in [1.54, 1.807) is 0 Å². The van der Waals surface area contributed by atoms with Gasteiger partial charge >= 0.3 is 0 Å². The molecule has 10 aromatic rings. The van der Waals surface area contributed by atoms with E-state index in [4.69, 9.17) is 0 Å². The Morgan fingerprint density at radius 3 is 1.26 bits per heavy atom. The summed E-state index contributed by atoms with van der Waals surface area (Å²) < 4.78 is 1.46. The van der Waals surface area contributed by atoms with Crippen LogP contribution in [0.5, 0.6) is 0 Å². The molecule has 0 aliphatic carbocycles. The summed E-state index contributed by atoms with van der Waals surface area (Å²) >= 11 is 0. The second-order valence-electron chi connectivity index (χ2n) is 17.3. The quantitative estimate of drug-likeness (QED) is 0.173. The number of benzene rings is 8. The number of hydrogen-bond acceptors (Lipinski definition) is 2. The third kappa shape index (κ3) is 4.11. The number of rotatable bonds is 3. The lowest BCUT2D eigenvalue weighted by Gasteiger charge is -2.24. The van der Waals surface area contributed by atoms with Gasteiger partial charge in [-0.2, -0.15) is 0 Å². The number of hydrogen-bond donors (Lipinski definition) is 0. The van der Waals surface area contributed by atoms with Gasteiger partial charge in [-0.25, -0.2) is 4.57 Å². The van der Waals surface area contributed by atoms with Crippen LogP contribution in [0.25, 0.3) is 92.6 Å². The standard InChI is InChI=1S/C50H41NO2/c1-26-14-13-15-27(2)46(26)51-47(52)44-35-24-33(29-16-9-11-18-37(29)49(3,4)5)31-22-20-28-21-23-32-34(30-17-10-12-19-38(30)50(6,7)8)25-36(45(44)48(51)53)43-41(32)39(28)40(31)42(35)43/h9-25H,1-8H3. The van der Waals surface area contributed by atoms with Crippen LogP contribution in [0.15, 0.2) is 113 Å². The second kappa shape index (κ2) is 10.4. The van der Waals surface area contributed by atoms with Crippen molar-refractivity contribution in [1.29, 1.82) is 0 Å². The zero-order valence-electron chi connectivity index (χ0n) is 31.6. The fourth-order valence-corrected chi connectivity index (χ4v) is 9.74. The van der Waals surface area contributed by atoms with E-state index >= 15 is 9.59 Å². The lowest BCUT2D eigenvalue weighted by molar-refractivity contribution is 0.592. The summed E-state index contributed by atoms with van der Waals surface area (Å²) in [6.45, 7) is 17.5. The number of fused-ring (bicyclic) bond motifs is 3. The molecule has 0 radical (unpaired) electrons. The molecule has 10 rings (SSSR count). The van der Waals surface area contributed by atoms with Gasteiger partial charge in [-0.3, -0.25) is 9.59 Å². The van der Waals surface area contributed by atoms with Gasteiger partial charge in [0.1, 0.15) is 0 Å². The molecule has 0 aliphatic rings. The average molecular weight is 688 g/mol. The van der Waals surface area contributed by atoms with Gasteiger partial charge in [0.15, 0.2) is 0 Å². The van der Waals surface area contributed by atoms with Crippen LogP contribution in [0.1, 0.15) is 63.8 Å². The average Bonchev–Trinajstić information content (AvgIpc) is 3.62. The minimum absolute atomic E-state index is 0.114. The first-order valence-electron chi connectivity index (χ1n) is 18.7. The maximum absolute atomic E-state index is 15.2. The van der Waals surface area contributed by atoms with Crippen molar-refractivity contribution in [2.75, 3.05) is 0 Å². The maximum atomic E-state index is 15.2. The highest BCUT2D eigenvalue weighted by atomic mass is 16.2. The van der Waals surface area contributed by atoms with Crippen LogP contribution in [0.3, 0.4) is 0 Å².